The largest absolute Gasteiger partial charge is 0.384 e. The summed E-state index contributed by atoms with van der Waals surface area (Å²) in [7, 11) is 0. The molecule has 1 aromatic carbocycles. The molecule has 2 N–H and O–H groups in total. The molecule has 3 nitrogen and oxygen atoms in total. The first-order valence-electron chi connectivity index (χ1n) is 4.70. The molecule has 4 heteroatoms. The Bertz CT molecular complexity index is 476. The predicted molar refractivity (Wildman–Crippen MR) is 64.6 cm³/mol. The molecule has 0 unspecified atom stereocenters. The van der Waals surface area contributed by atoms with Crippen LogP contribution in [0, 0.1) is 6.92 Å². The van der Waals surface area contributed by atoms with Crippen LogP contribution in [0.15, 0.2) is 34.8 Å². The minimum Gasteiger partial charge on any atom is -0.384 e. The van der Waals surface area contributed by atoms with E-state index in [2.05, 4.69) is 27.1 Å². The number of benzene rings is 1. The SMILES string of the molecule is Cc1cc(N)n(Cc2ccccc2Br)n1. The first-order chi connectivity index (χ1) is 7.16. The molecule has 0 saturated carbocycles. The number of hydrogen-bond acceptors (Lipinski definition) is 2. The zero-order valence-electron chi connectivity index (χ0n) is 8.44. The van der Waals surface area contributed by atoms with Gasteiger partial charge in [0.15, 0.2) is 0 Å². The van der Waals surface area contributed by atoms with Crippen molar-refractivity contribution in [2.24, 2.45) is 0 Å². The molecule has 0 spiro atoms. The zero-order chi connectivity index (χ0) is 10.8. The van der Waals surface area contributed by atoms with E-state index in [1.807, 2.05) is 31.2 Å². The van der Waals surface area contributed by atoms with Gasteiger partial charge in [0.05, 0.1) is 12.2 Å². The summed E-state index contributed by atoms with van der Waals surface area (Å²) >= 11 is 3.50. The maximum absolute atomic E-state index is 5.82. The lowest BCUT2D eigenvalue weighted by atomic mass is 10.2. The fourth-order valence-electron chi connectivity index (χ4n) is 1.48. The van der Waals surface area contributed by atoms with E-state index in [1.165, 1.54) is 5.56 Å². The Morgan fingerprint density at radius 2 is 2.13 bits per heavy atom. The summed E-state index contributed by atoms with van der Waals surface area (Å²) in [6.07, 6.45) is 0. The molecule has 15 heavy (non-hydrogen) atoms. The molecule has 0 aliphatic carbocycles. The average molecular weight is 266 g/mol. The molecule has 78 valence electrons. The number of halogens is 1. The minimum atomic E-state index is 0.696. The number of nitrogens with zero attached hydrogens (tertiary/aromatic N) is 2. The van der Waals surface area contributed by atoms with Crippen molar-refractivity contribution >= 4 is 21.7 Å². The molecule has 0 bridgehead atoms. The van der Waals surface area contributed by atoms with Crippen LogP contribution >= 0.6 is 15.9 Å². The zero-order valence-corrected chi connectivity index (χ0v) is 10.0. The topological polar surface area (TPSA) is 43.8 Å². The van der Waals surface area contributed by atoms with Crippen LogP contribution in [-0.2, 0) is 6.54 Å². The highest BCUT2D eigenvalue weighted by molar-refractivity contribution is 9.10. The first-order valence-corrected chi connectivity index (χ1v) is 5.49. The number of hydrogen-bond donors (Lipinski definition) is 1. The van der Waals surface area contributed by atoms with E-state index < -0.39 is 0 Å². The molecule has 0 radical (unpaired) electrons. The van der Waals surface area contributed by atoms with E-state index in [9.17, 15) is 0 Å². The minimum absolute atomic E-state index is 0.696. The van der Waals surface area contributed by atoms with Gasteiger partial charge in [0.25, 0.3) is 0 Å². The third kappa shape index (κ3) is 2.21. The van der Waals surface area contributed by atoms with Crippen molar-refractivity contribution in [2.45, 2.75) is 13.5 Å². The van der Waals surface area contributed by atoms with Gasteiger partial charge in [-0.2, -0.15) is 5.10 Å². The normalized spacial score (nSPS) is 10.5. The molecular formula is C11H12BrN3. The second kappa shape index (κ2) is 4.06. The fraction of sp³-hybridized carbons (Fsp3) is 0.182. The molecular weight excluding hydrogens is 254 g/mol. The van der Waals surface area contributed by atoms with Crippen molar-refractivity contribution in [3.63, 3.8) is 0 Å². The lowest BCUT2D eigenvalue weighted by molar-refractivity contribution is 0.687. The van der Waals surface area contributed by atoms with Crippen molar-refractivity contribution in [3.05, 3.63) is 46.1 Å². The molecule has 2 aromatic rings. The van der Waals surface area contributed by atoms with Crippen LogP contribution in [0.4, 0.5) is 5.82 Å². The summed E-state index contributed by atoms with van der Waals surface area (Å²) in [6, 6.07) is 9.94. The average Bonchev–Trinajstić information content (AvgIpc) is 2.49. The van der Waals surface area contributed by atoms with Gasteiger partial charge < -0.3 is 5.73 Å². The molecule has 0 aliphatic rings. The molecule has 0 aliphatic heterocycles. The lowest BCUT2D eigenvalue weighted by Gasteiger charge is -2.05. The number of rotatable bonds is 2. The first kappa shape index (κ1) is 10.2. The van der Waals surface area contributed by atoms with Crippen LogP contribution < -0.4 is 5.73 Å². The second-order valence-corrected chi connectivity index (χ2v) is 4.31. The Kier molecular flexibility index (Phi) is 2.77. The Hall–Kier alpha value is -1.29. The van der Waals surface area contributed by atoms with E-state index in [1.54, 1.807) is 4.68 Å². The van der Waals surface area contributed by atoms with Gasteiger partial charge in [-0.15, -0.1) is 0 Å². The van der Waals surface area contributed by atoms with E-state index in [0.717, 1.165) is 10.2 Å². The number of aromatic nitrogens is 2. The Balaban J connectivity index is 2.29. The molecule has 0 atom stereocenters. The van der Waals surface area contributed by atoms with Crippen LogP contribution in [0.1, 0.15) is 11.3 Å². The van der Waals surface area contributed by atoms with Gasteiger partial charge in [0.1, 0.15) is 5.82 Å². The highest BCUT2D eigenvalue weighted by Crippen LogP contribution is 2.18. The number of anilines is 1. The van der Waals surface area contributed by atoms with E-state index in [-0.39, 0.29) is 0 Å². The molecule has 1 aromatic heterocycles. The Morgan fingerprint density at radius 3 is 2.73 bits per heavy atom. The highest BCUT2D eigenvalue weighted by Gasteiger charge is 2.04. The lowest BCUT2D eigenvalue weighted by Crippen LogP contribution is -2.06. The molecule has 0 amide bonds. The molecule has 2 rings (SSSR count). The van der Waals surface area contributed by atoms with Crippen LogP contribution in [0.2, 0.25) is 0 Å². The third-order valence-corrected chi connectivity index (χ3v) is 2.98. The van der Waals surface area contributed by atoms with Gasteiger partial charge in [-0.25, -0.2) is 4.68 Å². The van der Waals surface area contributed by atoms with Gasteiger partial charge in [0, 0.05) is 10.5 Å². The maximum atomic E-state index is 5.82. The summed E-state index contributed by atoms with van der Waals surface area (Å²) in [4.78, 5) is 0. The monoisotopic (exact) mass is 265 g/mol. The summed E-state index contributed by atoms with van der Waals surface area (Å²) in [6.45, 7) is 2.63. The third-order valence-electron chi connectivity index (χ3n) is 2.21. The maximum Gasteiger partial charge on any atom is 0.122 e. The number of aryl methyl sites for hydroxylation is 1. The molecule has 0 saturated heterocycles. The Morgan fingerprint density at radius 1 is 1.40 bits per heavy atom. The van der Waals surface area contributed by atoms with Gasteiger partial charge in [-0.3, -0.25) is 0 Å². The van der Waals surface area contributed by atoms with Crippen molar-refractivity contribution in [3.8, 4) is 0 Å². The van der Waals surface area contributed by atoms with Crippen molar-refractivity contribution in [2.75, 3.05) is 5.73 Å². The number of nitrogen functional groups attached to an aromatic ring is 1. The van der Waals surface area contributed by atoms with E-state index in [0.29, 0.717) is 12.4 Å². The molecule has 0 fully saturated rings. The van der Waals surface area contributed by atoms with Crippen LogP contribution in [0.25, 0.3) is 0 Å². The quantitative estimate of drug-likeness (QED) is 0.907. The Labute approximate surface area is 97.0 Å². The second-order valence-electron chi connectivity index (χ2n) is 3.46. The summed E-state index contributed by atoms with van der Waals surface area (Å²) in [5, 5.41) is 4.32. The van der Waals surface area contributed by atoms with Gasteiger partial charge in [0.2, 0.25) is 0 Å². The standard InChI is InChI=1S/C11H12BrN3/c1-8-6-11(13)15(14-8)7-9-4-2-3-5-10(9)12/h2-6H,7,13H2,1H3. The smallest absolute Gasteiger partial charge is 0.122 e. The predicted octanol–water partition coefficient (Wildman–Crippen LogP) is 2.58. The van der Waals surface area contributed by atoms with Gasteiger partial charge in [-0.1, -0.05) is 34.1 Å². The number of nitrogens with two attached hydrogens (primary N) is 1. The summed E-state index contributed by atoms with van der Waals surface area (Å²) in [5.41, 5.74) is 7.94. The van der Waals surface area contributed by atoms with Crippen molar-refractivity contribution in [1.29, 1.82) is 0 Å². The van der Waals surface area contributed by atoms with Crippen LogP contribution in [0.3, 0.4) is 0 Å². The van der Waals surface area contributed by atoms with Crippen LogP contribution in [-0.4, -0.2) is 9.78 Å². The summed E-state index contributed by atoms with van der Waals surface area (Å²) < 4.78 is 2.88. The van der Waals surface area contributed by atoms with Gasteiger partial charge in [-0.05, 0) is 18.6 Å². The van der Waals surface area contributed by atoms with E-state index >= 15 is 0 Å². The van der Waals surface area contributed by atoms with Crippen molar-refractivity contribution in [1.82, 2.24) is 9.78 Å². The van der Waals surface area contributed by atoms with Gasteiger partial charge >= 0.3 is 0 Å². The molecule has 1 heterocycles. The summed E-state index contributed by atoms with van der Waals surface area (Å²) in [5.74, 6) is 0.697. The highest BCUT2D eigenvalue weighted by atomic mass is 79.9. The van der Waals surface area contributed by atoms with E-state index in [4.69, 9.17) is 5.73 Å². The van der Waals surface area contributed by atoms with Crippen LogP contribution in [0.5, 0.6) is 0 Å². The van der Waals surface area contributed by atoms with Crippen molar-refractivity contribution < 1.29 is 0 Å². The fourth-order valence-corrected chi connectivity index (χ4v) is 1.89.